The second kappa shape index (κ2) is 13.3. The molecule has 9 aromatic carbocycles. The van der Waals surface area contributed by atoms with Gasteiger partial charge in [-0.2, -0.15) is 0 Å². The van der Waals surface area contributed by atoms with Gasteiger partial charge in [0.15, 0.2) is 0 Å². The van der Waals surface area contributed by atoms with Gasteiger partial charge in [0.1, 0.15) is 5.82 Å². The predicted octanol–water partition coefficient (Wildman–Crippen LogP) is 14.2. The van der Waals surface area contributed by atoms with Gasteiger partial charge in [-0.15, -0.1) is 0 Å². The number of benzene rings is 9. The highest BCUT2D eigenvalue weighted by Crippen LogP contribution is 2.40. The molecule has 0 N–H and O–H groups in total. The first-order valence-corrected chi connectivity index (χ1v) is 20.1. The summed E-state index contributed by atoms with van der Waals surface area (Å²) in [5, 5.41) is 4.97. The zero-order valence-corrected chi connectivity index (χ0v) is 32.1. The van der Waals surface area contributed by atoms with Crippen molar-refractivity contribution in [3.8, 4) is 50.7 Å². The van der Waals surface area contributed by atoms with Crippen LogP contribution in [-0.2, 0) is 0 Å². The van der Waals surface area contributed by atoms with E-state index in [0.717, 1.165) is 61.7 Å². The minimum atomic E-state index is 0.907. The summed E-state index contributed by atoms with van der Waals surface area (Å²) in [5.41, 5.74) is 15.8. The number of hydrogen-bond donors (Lipinski definition) is 0. The van der Waals surface area contributed by atoms with Crippen LogP contribution in [0.5, 0.6) is 0 Å². The van der Waals surface area contributed by atoms with Gasteiger partial charge in [0.25, 0.3) is 0 Å². The van der Waals surface area contributed by atoms with Crippen LogP contribution >= 0.6 is 0 Å². The van der Waals surface area contributed by atoms with Crippen LogP contribution < -0.4 is 0 Å². The van der Waals surface area contributed by atoms with E-state index in [1.54, 1.807) is 0 Å². The maximum atomic E-state index is 5.32. The van der Waals surface area contributed by atoms with E-state index in [4.69, 9.17) is 4.98 Å². The summed E-state index contributed by atoms with van der Waals surface area (Å²) in [6.07, 6.45) is 0. The molecule has 0 saturated heterocycles. The molecular formula is C55H36N4. The molecule has 0 aliphatic rings. The summed E-state index contributed by atoms with van der Waals surface area (Å²) >= 11 is 0. The molecule has 0 unspecified atom stereocenters. The molecule has 12 aromatic rings. The minimum absolute atomic E-state index is 0.907. The molecule has 0 aliphatic heterocycles. The maximum absolute atomic E-state index is 5.32. The van der Waals surface area contributed by atoms with Crippen LogP contribution in [0.25, 0.3) is 105 Å². The van der Waals surface area contributed by atoms with Crippen LogP contribution in [0.1, 0.15) is 0 Å². The molecule has 0 bridgehead atoms. The van der Waals surface area contributed by atoms with Crippen molar-refractivity contribution in [3.63, 3.8) is 0 Å². The third-order valence-electron chi connectivity index (χ3n) is 11.8. The van der Waals surface area contributed by atoms with Crippen LogP contribution in [0.2, 0.25) is 0 Å². The van der Waals surface area contributed by atoms with Crippen molar-refractivity contribution in [1.82, 2.24) is 18.7 Å². The minimum Gasteiger partial charge on any atom is -0.309 e. The number of para-hydroxylation sites is 7. The molecule has 0 aliphatic carbocycles. The van der Waals surface area contributed by atoms with Crippen LogP contribution in [-0.4, -0.2) is 18.7 Å². The smallest absolute Gasteiger partial charge is 0.145 e. The quantitative estimate of drug-likeness (QED) is 0.166. The number of imidazole rings is 1. The summed E-state index contributed by atoms with van der Waals surface area (Å²) in [6, 6.07) is 78.6. The van der Waals surface area contributed by atoms with Gasteiger partial charge in [-0.3, -0.25) is 4.57 Å². The lowest BCUT2D eigenvalue weighted by molar-refractivity contribution is 1.10. The molecule has 0 amide bonds. The Morgan fingerprint density at radius 1 is 0.254 bits per heavy atom. The second-order valence-corrected chi connectivity index (χ2v) is 15.2. The first-order chi connectivity index (χ1) is 29.3. The summed E-state index contributed by atoms with van der Waals surface area (Å²) in [4.78, 5) is 5.32. The van der Waals surface area contributed by atoms with E-state index in [1.807, 2.05) is 0 Å². The van der Waals surface area contributed by atoms with Crippen molar-refractivity contribution in [1.29, 1.82) is 0 Å². The van der Waals surface area contributed by atoms with E-state index < -0.39 is 0 Å². The molecule has 3 heterocycles. The zero-order valence-electron chi connectivity index (χ0n) is 32.1. The Labute approximate surface area is 341 Å². The fourth-order valence-electron chi connectivity index (χ4n) is 9.16. The molecule has 0 spiro atoms. The Morgan fingerprint density at radius 3 is 1.29 bits per heavy atom. The van der Waals surface area contributed by atoms with Crippen molar-refractivity contribution in [2.75, 3.05) is 0 Å². The number of nitrogens with zero attached hydrogens (tertiary/aromatic N) is 4. The molecule has 4 heteroatoms. The first-order valence-electron chi connectivity index (χ1n) is 20.1. The predicted molar refractivity (Wildman–Crippen MR) is 246 cm³/mol. The highest BCUT2D eigenvalue weighted by molar-refractivity contribution is 6.11. The molecule has 4 nitrogen and oxygen atoms in total. The molecule has 276 valence electrons. The molecule has 0 atom stereocenters. The van der Waals surface area contributed by atoms with Crippen molar-refractivity contribution < 1.29 is 0 Å². The molecule has 12 rings (SSSR count). The van der Waals surface area contributed by atoms with E-state index in [0.29, 0.717) is 0 Å². The van der Waals surface area contributed by atoms with Gasteiger partial charge in [-0.25, -0.2) is 4.98 Å². The van der Waals surface area contributed by atoms with Gasteiger partial charge in [-0.05, 0) is 119 Å². The van der Waals surface area contributed by atoms with E-state index in [-0.39, 0.29) is 0 Å². The number of aromatic nitrogens is 4. The molecule has 3 aromatic heterocycles. The van der Waals surface area contributed by atoms with Crippen LogP contribution in [0, 0.1) is 0 Å². The monoisotopic (exact) mass is 752 g/mol. The van der Waals surface area contributed by atoms with Crippen LogP contribution in [0.15, 0.2) is 218 Å². The van der Waals surface area contributed by atoms with E-state index >= 15 is 0 Å². The molecular weight excluding hydrogens is 717 g/mol. The number of hydrogen-bond acceptors (Lipinski definition) is 1. The average Bonchev–Trinajstić information content (AvgIpc) is 3.98. The fourth-order valence-corrected chi connectivity index (χ4v) is 9.16. The van der Waals surface area contributed by atoms with Gasteiger partial charge in [-0.1, -0.05) is 121 Å². The average molecular weight is 753 g/mol. The summed E-state index contributed by atoms with van der Waals surface area (Å²) in [5.74, 6) is 0.907. The SMILES string of the molecule is c1ccc(-n2c(-c3cc(-c4ccc(-n5c6ccccc6c6ccccc65)cc4)cc(-c4ccc5c(c4)c4ccccc4n5-c4ccccc4)c3)nc3ccccc32)cc1. The third kappa shape index (κ3) is 5.34. The summed E-state index contributed by atoms with van der Waals surface area (Å²) in [6.45, 7) is 0. The van der Waals surface area contributed by atoms with Gasteiger partial charge >= 0.3 is 0 Å². The van der Waals surface area contributed by atoms with Crippen LogP contribution in [0.4, 0.5) is 0 Å². The second-order valence-electron chi connectivity index (χ2n) is 15.2. The zero-order chi connectivity index (χ0) is 38.9. The maximum Gasteiger partial charge on any atom is 0.145 e. The Kier molecular flexibility index (Phi) is 7.50. The largest absolute Gasteiger partial charge is 0.309 e. The lowest BCUT2D eigenvalue weighted by Gasteiger charge is -2.14. The Bertz CT molecular complexity index is 3480. The summed E-state index contributed by atoms with van der Waals surface area (Å²) in [7, 11) is 0. The highest BCUT2D eigenvalue weighted by Gasteiger charge is 2.19. The summed E-state index contributed by atoms with van der Waals surface area (Å²) < 4.78 is 7.04. The number of rotatable bonds is 6. The van der Waals surface area contributed by atoms with Crippen molar-refractivity contribution in [3.05, 3.63) is 218 Å². The molecule has 0 fully saturated rings. The third-order valence-corrected chi connectivity index (χ3v) is 11.8. The standard InChI is InChI=1S/C55H36N4/c1-3-15-42(16-4-1)57-52-25-13-9-21-47(52)48-36-38(29-32-53(48)57)40-33-39(34-41(35-40)55-56-49-22-10-14-26-54(49)59(55)43-17-5-2-6-18-43)37-27-30-44(31-28-37)58-50-23-11-7-19-45(50)46-20-8-12-24-51(46)58/h1-36H. The van der Waals surface area contributed by atoms with Crippen molar-refractivity contribution in [2.24, 2.45) is 0 Å². The normalized spacial score (nSPS) is 11.7. The van der Waals surface area contributed by atoms with Crippen LogP contribution in [0.3, 0.4) is 0 Å². The Morgan fingerprint density at radius 2 is 0.678 bits per heavy atom. The Balaban J connectivity index is 1.07. The van der Waals surface area contributed by atoms with E-state index in [9.17, 15) is 0 Å². The fraction of sp³-hybridized carbons (Fsp3) is 0. The van der Waals surface area contributed by atoms with Gasteiger partial charge < -0.3 is 9.13 Å². The highest BCUT2D eigenvalue weighted by atomic mass is 15.1. The lowest BCUT2D eigenvalue weighted by Crippen LogP contribution is -1.98. The van der Waals surface area contributed by atoms with Gasteiger partial charge in [0, 0.05) is 44.2 Å². The topological polar surface area (TPSA) is 27.7 Å². The van der Waals surface area contributed by atoms with Crippen molar-refractivity contribution >= 4 is 54.6 Å². The Hall–Kier alpha value is -7.95. The van der Waals surface area contributed by atoms with Gasteiger partial charge in [0.05, 0.1) is 33.1 Å². The molecule has 59 heavy (non-hydrogen) atoms. The molecule has 0 saturated carbocycles. The van der Waals surface area contributed by atoms with Crippen molar-refractivity contribution in [2.45, 2.75) is 0 Å². The first kappa shape index (κ1) is 33.2. The lowest BCUT2D eigenvalue weighted by atomic mass is 9.94. The van der Waals surface area contributed by atoms with Gasteiger partial charge in [0.2, 0.25) is 0 Å². The number of fused-ring (bicyclic) bond motifs is 7. The van der Waals surface area contributed by atoms with E-state index in [2.05, 4.69) is 232 Å². The van der Waals surface area contributed by atoms with E-state index in [1.165, 1.54) is 43.6 Å². The molecule has 0 radical (unpaired) electrons.